The van der Waals surface area contributed by atoms with Gasteiger partial charge in [-0.3, -0.25) is 0 Å². The van der Waals surface area contributed by atoms with Crippen molar-refractivity contribution >= 4 is 0 Å². The van der Waals surface area contributed by atoms with Crippen LogP contribution in [0.1, 0.15) is 31.5 Å². The van der Waals surface area contributed by atoms with Gasteiger partial charge in [-0.15, -0.1) is 0 Å². The van der Waals surface area contributed by atoms with Crippen LogP contribution in [-0.4, -0.2) is 22.1 Å². The average Bonchev–Trinajstić information content (AvgIpc) is 2.79. The Bertz CT molecular complexity index is 317. The molecule has 3 atom stereocenters. The maximum absolute atomic E-state index is 4.28. The molecule has 3 heterocycles. The van der Waals surface area contributed by atoms with E-state index in [-0.39, 0.29) is 0 Å². The van der Waals surface area contributed by atoms with Crippen LogP contribution < -0.4 is 5.32 Å². The normalized spacial score (nSPS) is 34.5. The number of imidazole rings is 1. The summed E-state index contributed by atoms with van der Waals surface area (Å²) in [5, 5.41) is 3.55. The molecule has 3 unspecified atom stereocenters. The van der Waals surface area contributed by atoms with Crippen LogP contribution >= 0.6 is 0 Å². The predicted octanol–water partition coefficient (Wildman–Crippen LogP) is 1.37. The van der Waals surface area contributed by atoms with Crippen molar-refractivity contribution in [2.24, 2.45) is 5.92 Å². The van der Waals surface area contributed by atoms with Gasteiger partial charge in [0.05, 0.1) is 12.4 Å². The molecule has 14 heavy (non-hydrogen) atoms. The highest BCUT2D eigenvalue weighted by Gasteiger charge is 2.47. The molecule has 1 N–H and O–H groups in total. The Kier molecular flexibility index (Phi) is 1.87. The van der Waals surface area contributed by atoms with E-state index in [0.29, 0.717) is 6.04 Å². The minimum atomic E-state index is 0.707. The number of hydrogen-bond donors (Lipinski definition) is 1. The van der Waals surface area contributed by atoms with Crippen LogP contribution in [0.15, 0.2) is 12.5 Å². The molecule has 4 rings (SSSR count). The van der Waals surface area contributed by atoms with Gasteiger partial charge in [0.1, 0.15) is 0 Å². The van der Waals surface area contributed by atoms with Gasteiger partial charge >= 0.3 is 0 Å². The molecule has 1 saturated carbocycles. The third kappa shape index (κ3) is 1.05. The van der Waals surface area contributed by atoms with Crippen molar-refractivity contribution < 1.29 is 0 Å². The molecule has 3 nitrogen and oxygen atoms in total. The Morgan fingerprint density at radius 1 is 1.64 bits per heavy atom. The van der Waals surface area contributed by atoms with E-state index in [2.05, 4.69) is 21.8 Å². The van der Waals surface area contributed by atoms with Gasteiger partial charge < -0.3 is 9.88 Å². The zero-order valence-corrected chi connectivity index (χ0v) is 8.61. The number of hydrogen-bond acceptors (Lipinski definition) is 2. The topological polar surface area (TPSA) is 29.9 Å². The van der Waals surface area contributed by atoms with E-state index in [0.717, 1.165) is 18.4 Å². The van der Waals surface area contributed by atoms with Crippen molar-refractivity contribution in [2.75, 3.05) is 6.54 Å². The Balaban J connectivity index is 1.85. The number of rotatable bonds is 3. The third-order valence-electron chi connectivity index (χ3n) is 3.67. The zero-order chi connectivity index (χ0) is 9.54. The molecule has 0 aromatic carbocycles. The van der Waals surface area contributed by atoms with Crippen LogP contribution in [0.2, 0.25) is 0 Å². The van der Waals surface area contributed by atoms with Gasteiger partial charge in [-0.25, -0.2) is 4.98 Å². The monoisotopic (exact) mass is 191 g/mol. The fourth-order valence-corrected chi connectivity index (χ4v) is 2.92. The number of nitrogens with zero attached hydrogens (tertiary/aromatic N) is 2. The van der Waals surface area contributed by atoms with Crippen LogP contribution in [-0.2, 0) is 6.42 Å². The zero-order valence-electron chi connectivity index (χ0n) is 8.61. The van der Waals surface area contributed by atoms with Crippen molar-refractivity contribution in [3.63, 3.8) is 0 Å². The van der Waals surface area contributed by atoms with E-state index >= 15 is 0 Å². The molecule has 3 fully saturated rings. The summed E-state index contributed by atoms with van der Waals surface area (Å²) in [5.74, 6) is 0.866. The summed E-state index contributed by atoms with van der Waals surface area (Å²) in [6.07, 6.45) is 7.79. The lowest BCUT2D eigenvalue weighted by Gasteiger charge is -2.36. The van der Waals surface area contributed by atoms with Crippen LogP contribution in [0.3, 0.4) is 0 Å². The quantitative estimate of drug-likeness (QED) is 0.782. The smallest absolute Gasteiger partial charge is 0.0951 e. The van der Waals surface area contributed by atoms with Gasteiger partial charge in [-0.05, 0) is 18.8 Å². The molecule has 0 radical (unpaired) electrons. The summed E-state index contributed by atoms with van der Waals surface area (Å²) in [4.78, 5) is 4.28. The largest absolute Gasteiger partial charge is 0.330 e. The molecule has 2 bridgehead atoms. The minimum Gasteiger partial charge on any atom is -0.330 e. The SMILES string of the molecule is CCCc1cncn1C1C2CNC1C2. The number of fused-ring (bicyclic) bond motifs is 1. The molecule has 0 spiro atoms. The first-order valence-electron chi connectivity index (χ1n) is 5.64. The predicted molar refractivity (Wildman–Crippen MR) is 55.2 cm³/mol. The Hall–Kier alpha value is -0.830. The van der Waals surface area contributed by atoms with Crippen molar-refractivity contribution in [3.05, 3.63) is 18.2 Å². The van der Waals surface area contributed by atoms with E-state index < -0.39 is 0 Å². The fraction of sp³-hybridized carbons (Fsp3) is 0.727. The molecule has 1 aromatic heterocycles. The van der Waals surface area contributed by atoms with E-state index in [9.17, 15) is 0 Å². The molecule has 2 aliphatic heterocycles. The molecule has 0 amide bonds. The second kappa shape index (κ2) is 3.09. The molecule has 76 valence electrons. The van der Waals surface area contributed by atoms with Gasteiger partial charge in [0.15, 0.2) is 0 Å². The highest BCUT2D eigenvalue weighted by atomic mass is 15.2. The van der Waals surface area contributed by atoms with Crippen LogP contribution in [0.5, 0.6) is 0 Å². The summed E-state index contributed by atoms with van der Waals surface area (Å²) in [6.45, 7) is 3.43. The molecular weight excluding hydrogens is 174 g/mol. The van der Waals surface area contributed by atoms with Gasteiger partial charge in [0.25, 0.3) is 0 Å². The Labute approximate surface area is 84.5 Å². The second-order valence-electron chi connectivity index (χ2n) is 4.54. The summed E-state index contributed by atoms with van der Waals surface area (Å²) in [7, 11) is 0. The lowest BCUT2D eigenvalue weighted by atomic mass is 9.80. The third-order valence-corrected chi connectivity index (χ3v) is 3.67. The summed E-state index contributed by atoms with van der Waals surface area (Å²) >= 11 is 0. The first-order valence-corrected chi connectivity index (χ1v) is 5.64. The van der Waals surface area contributed by atoms with Crippen LogP contribution in [0, 0.1) is 5.92 Å². The minimum absolute atomic E-state index is 0.707. The van der Waals surface area contributed by atoms with Crippen molar-refractivity contribution in [1.29, 1.82) is 0 Å². The molecule has 1 aliphatic carbocycles. The molecule has 3 aliphatic rings. The van der Waals surface area contributed by atoms with E-state index in [4.69, 9.17) is 0 Å². The number of nitrogens with one attached hydrogen (secondary N) is 1. The van der Waals surface area contributed by atoms with E-state index in [1.54, 1.807) is 0 Å². The second-order valence-corrected chi connectivity index (χ2v) is 4.54. The van der Waals surface area contributed by atoms with Gasteiger partial charge in [-0.2, -0.15) is 0 Å². The molecule has 2 saturated heterocycles. The van der Waals surface area contributed by atoms with E-state index in [1.807, 2.05) is 12.5 Å². The first-order chi connectivity index (χ1) is 6.90. The molecular formula is C11H17N3. The Morgan fingerprint density at radius 3 is 3.21 bits per heavy atom. The van der Waals surface area contributed by atoms with Crippen molar-refractivity contribution in [2.45, 2.75) is 38.3 Å². The number of aromatic nitrogens is 2. The van der Waals surface area contributed by atoms with Crippen molar-refractivity contribution in [3.8, 4) is 0 Å². The van der Waals surface area contributed by atoms with Crippen molar-refractivity contribution in [1.82, 2.24) is 14.9 Å². The summed E-state index contributed by atoms with van der Waals surface area (Å²) < 4.78 is 2.41. The van der Waals surface area contributed by atoms with E-state index in [1.165, 1.54) is 25.1 Å². The van der Waals surface area contributed by atoms with Gasteiger partial charge in [0.2, 0.25) is 0 Å². The highest BCUT2D eigenvalue weighted by Crippen LogP contribution is 2.44. The number of aryl methyl sites for hydroxylation is 1. The lowest BCUT2D eigenvalue weighted by Crippen LogP contribution is -2.39. The highest BCUT2D eigenvalue weighted by molar-refractivity contribution is 5.11. The Morgan fingerprint density at radius 2 is 2.57 bits per heavy atom. The fourth-order valence-electron chi connectivity index (χ4n) is 2.92. The lowest BCUT2D eigenvalue weighted by molar-refractivity contribution is 0.215. The molecule has 1 aromatic rings. The molecule has 3 heteroatoms. The standard InChI is InChI=1S/C11H17N3/c1-2-3-9-6-12-7-14(9)11-8-4-10(11)13-5-8/h6-8,10-11,13H,2-5H2,1H3. The maximum Gasteiger partial charge on any atom is 0.0951 e. The van der Waals surface area contributed by atoms with Crippen LogP contribution in [0.4, 0.5) is 0 Å². The van der Waals surface area contributed by atoms with Gasteiger partial charge in [0, 0.05) is 24.5 Å². The summed E-state index contributed by atoms with van der Waals surface area (Å²) in [5.41, 5.74) is 1.41. The average molecular weight is 191 g/mol. The van der Waals surface area contributed by atoms with Gasteiger partial charge in [-0.1, -0.05) is 13.3 Å². The summed E-state index contributed by atoms with van der Waals surface area (Å²) in [6, 6.07) is 1.43. The maximum atomic E-state index is 4.28. The first kappa shape index (κ1) is 8.48. The van der Waals surface area contributed by atoms with Crippen LogP contribution in [0.25, 0.3) is 0 Å².